The van der Waals surface area contributed by atoms with Crippen molar-refractivity contribution in [3.8, 4) is 0 Å². The summed E-state index contributed by atoms with van der Waals surface area (Å²) in [6, 6.07) is 1.33. The van der Waals surface area contributed by atoms with Gasteiger partial charge in [0.1, 0.15) is 5.82 Å². The number of hydrogen-bond donors (Lipinski definition) is 1. The number of fused-ring (bicyclic) bond motifs is 1. The smallest absolute Gasteiger partial charge is 0.368 e. The number of rotatable bonds is 1. The van der Waals surface area contributed by atoms with E-state index in [1.807, 2.05) is 4.90 Å². The Balaban J connectivity index is 1.93. The molecule has 0 bridgehead atoms. The number of aromatic nitrogens is 2. The zero-order chi connectivity index (χ0) is 15.0. The zero-order valence-electron chi connectivity index (χ0n) is 11.7. The largest absolute Gasteiger partial charge is 0.433 e. The van der Waals surface area contributed by atoms with E-state index >= 15 is 0 Å². The molecular formula is C14H19F3N4. The number of nitrogens with zero attached hydrogens (tertiary/aromatic N) is 3. The molecule has 2 unspecified atom stereocenters. The van der Waals surface area contributed by atoms with Crippen molar-refractivity contribution in [2.75, 3.05) is 17.2 Å². The van der Waals surface area contributed by atoms with E-state index in [0.29, 0.717) is 17.8 Å². The molecule has 1 aliphatic heterocycles. The minimum absolute atomic E-state index is 0.294. The summed E-state index contributed by atoms with van der Waals surface area (Å²) in [6.45, 7) is 0.745. The molecule has 1 aromatic heterocycles. The average molecular weight is 300 g/mol. The van der Waals surface area contributed by atoms with Crippen LogP contribution in [-0.2, 0) is 6.18 Å². The zero-order valence-corrected chi connectivity index (χ0v) is 11.7. The van der Waals surface area contributed by atoms with E-state index in [1.165, 1.54) is 6.42 Å². The van der Waals surface area contributed by atoms with Gasteiger partial charge in [-0.25, -0.2) is 4.98 Å². The Kier molecular flexibility index (Phi) is 3.67. The number of anilines is 2. The van der Waals surface area contributed by atoms with Gasteiger partial charge in [-0.15, -0.1) is 0 Å². The molecule has 2 atom stereocenters. The minimum atomic E-state index is -4.49. The molecule has 7 heteroatoms. The summed E-state index contributed by atoms with van der Waals surface area (Å²) < 4.78 is 38.7. The third-order valence-electron chi connectivity index (χ3n) is 4.56. The second-order valence-corrected chi connectivity index (χ2v) is 5.91. The second kappa shape index (κ2) is 5.35. The quantitative estimate of drug-likeness (QED) is 0.865. The summed E-state index contributed by atoms with van der Waals surface area (Å²) in [4.78, 5) is 9.39. The molecule has 1 saturated carbocycles. The molecule has 1 aromatic rings. The van der Waals surface area contributed by atoms with Gasteiger partial charge in [-0.3, -0.25) is 0 Å². The van der Waals surface area contributed by atoms with Crippen LogP contribution in [0.25, 0.3) is 0 Å². The Morgan fingerprint density at radius 2 is 1.81 bits per heavy atom. The molecule has 0 spiro atoms. The second-order valence-electron chi connectivity index (χ2n) is 5.91. The Morgan fingerprint density at radius 3 is 2.57 bits per heavy atom. The highest BCUT2D eigenvalue weighted by molar-refractivity contribution is 5.46. The third kappa shape index (κ3) is 2.91. The van der Waals surface area contributed by atoms with Crippen molar-refractivity contribution in [1.82, 2.24) is 9.97 Å². The van der Waals surface area contributed by atoms with E-state index in [0.717, 1.165) is 44.7 Å². The van der Waals surface area contributed by atoms with Crippen molar-refractivity contribution in [3.63, 3.8) is 0 Å². The lowest BCUT2D eigenvalue weighted by Gasteiger charge is -2.44. The van der Waals surface area contributed by atoms with Crippen molar-refractivity contribution in [3.05, 3.63) is 11.8 Å². The Morgan fingerprint density at radius 1 is 1.10 bits per heavy atom. The fraction of sp³-hybridized carbons (Fsp3) is 0.714. The maximum atomic E-state index is 12.9. The molecule has 2 N–H and O–H groups in total. The Bertz CT molecular complexity index is 515. The van der Waals surface area contributed by atoms with Gasteiger partial charge in [-0.05, 0) is 31.6 Å². The normalized spacial score (nSPS) is 26.5. The lowest BCUT2D eigenvalue weighted by Crippen LogP contribution is -2.47. The van der Waals surface area contributed by atoms with Gasteiger partial charge in [0, 0.05) is 18.7 Å². The maximum Gasteiger partial charge on any atom is 0.433 e. The fourth-order valence-electron chi connectivity index (χ4n) is 3.65. The molecule has 0 radical (unpaired) electrons. The van der Waals surface area contributed by atoms with E-state index in [2.05, 4.69) is 9.97 Å². The van der Waals surface area contributed by atoms with Gasteiger partial charge < -0.3 is 10.6 Å². The summed E-state index contributed by atoms with van der Waals surface area (Å²) in [7, 11) is 0. The van der Waals surface area contributed by atoms with Crippen molar-refractivity contribution in [1.29, 1.82) is 0 Å². The van der Waals surface area contributed by atoms with Crippen LogP contribution in [0.15, 0.2) is 6.07 Å². The van der Waals surface area contributed by atoms with Gasteiger partial charge in [0.25, 0.3) is 0 Å². The number of nitrogen functional groups attached to an aromatic ring is 1. The third-order valence-corrected chi connectivity index (χ3v) is 4.56. The van der Waals surface area contributed by atoms with E-state index in [-0.39, 0.29) is 5.95 Å². The number of halogens is 3. The molecule has 2 heterocycles. The number of alkyl halides is 3. The monoisotopic (exact) mass is 300 g/mol. The Labute approximate surface area is 121 Å². The lowest BCUT2D eigenvalue weighted by molar-refractivity contribution is -0.141. The molecule has 21 heavy (non-hydrogen) atoms. The molecule has 2 aliphatic rings. The van der Waals surface area contributed by atoms with Crippen molar-refractivity contribution in [2.24, 2.45) is 5.92 Å². The Hall–Kier alpha value is -1.53. The predicted molar refractivity (Wildman–Crippen MR) is 73.8 cm³/mol. The van der Waals surface area contributed by atoms with Crippen molar-refractivity contribution >= 4 is 11.8 Å². The van der Waals surface area contributed by atoms with Crippen LogP contribution in [0.3, 0.4) is 0 Å². The van der Waals surface area contributed by atoms with Crippen LogP contribution in [0.2, 0.25) is 0 Å². The molecule has 116 valence electrons. The molecular weight excluding hydrogens is 281 g/mol. The summed E-state index contributed by atoms with van der Waals surface area (Å²) in [5.74, 6) is 0.585. The first-order chi connectivity index (χ1) is 9.95. The predicted octanol–water partition coefficient (Wildman–Crippen LogP) is 3.24. The van der Waals surface area contributed by atoms with Gasteiger partial charge in [0.05, 0.1) is 0 Å². The van der Waals surface area contributed by atoms with Gasteiger partial charge in [-0.2, -0.15) is 18.2 Å². The highest BCUT2D eigenvalue weighted by Crippen LogP contribution is 2.38. The van der Waals surface area contributed by atoms with E-state index in [4.69, 9.17) is 5.73 Å². The van der Waals surface area contributed by atoms with Gasteiger partial charge in [0.15, 0.2) is 5.69 Å². The molecule has 0 amide bonds. The van der Waals surface area contributed by atoms with Gasteiger partial charge >= 0.3 is 6.18 Å². The molecule has 0 aromatic carbocycles. The minimum Gasteiger partial charge on any atom is -0.368 e. The fourth-order valence-corrected chi connectivity index (χ4v) is 3.65. The molecule has 1 aliphatic carbocycles. The SMILES string of the molecule is Nc1nc(N2CCCC3CCCCC32)cc(C(F)(F)F)n1. The number of nitrogens with two attached hydrogens (primary N) is 1. The van der Waals surface area contributed by atoms with Crippen LogP contribution in [0.1, 0.15) is 44.2 Å². The summed E-state index contributed by atoms with van der Waals surface area (Å²) >= 11 is 0. The number of hydrogen-bond acceptors (Lipinski definition) is 4. The highest BCUT2D eigenvalue weighted by Gasteiger charge is 2.37. The molecule has 1 saturated heterocycles. The van der Waals surface area contributed by atoms with Gasteiger partial charge in [0.2, 0.25) is 5.95 Å². The van der Waals surface area contributed by atoms with Crippen molar-refractivity contribution < 1.29 is 13.2 Å². The summed E-state index contributed by atoms with van der Waals surface area (Å²) in [5, 5.41) is 0. The van der Waals surface area contributed by atoms with E-state index in [9.17, 15) is 13.2 Å². The summed E-state index contributed by atoms with van der Waals surface area (Å²) in [5.41, 5.74) is 4.53. The van der Waals surface area contributed by atoms with Gasteiger partial charge in [-0.1, -0.05) is 12.8 Å². The first kappa shape index (κ1) is 14.4. The molecule has 2 fully saturated rings. The van der Waals surface area contributed by atoms with Crippen LogP contribution in [0.4, 0.5) is 24.9 Å². The van der Waals surface area contributed by atoms with Crippen LogP contribution in [-0.4, -0.2) is 22.6 Å². The van der Waals surface area contributed by atoms with E-state index in [1.54, 1.807) is 0 Å². The topological polar surface area (TPSA) is 55.0 Å². The van der Waals surface area contributed by atoms with Crippen LogP contribution in [0, 0.1) is 5.92 Å². The van der Waals surface area contributed by atoms with Crippen LogP contribution in [0.5, 0.6) is 0 Å². The highest BCUT2D eigenvalue weighted by atomic mass is 19.4. The summed E-state index contributed by atoms with van der Waals surface area (Å²) in [6.07, 6.45) is 2.19. The van der Waals surface area contributed by atoms with Crippen LogP contribution >= 0.6 is 0 Å². The lowest BCUT2D eigenvalue weighted by atomic mass is 9.78. The maximum absolute atomic E-state index is 12.9. The van der Waals surface area contributed by atoms with Crippen LogP contribution < -0.4 is 10.6 Å². The first-order valence-electron chi connectivity index (χ1n) is 7.43. The number of piperidine rings is 1. The van der Waals surface area contributed by atoms with Crippen molar-refractivity contribution in [2.45, 2.75) is 50.7 Å². The molecule has 3 rings (SSSR count). The van der Waals surface area contributed by atoms with E-state index < -0.39 is 11.9 Å². The molecule has 4 nitrogen and oxygen atoms in total. The standard InChI is InChI=1S/C14H19F3N4/c15-14(16,17)11-8-12(20-13(18)19-11)21-7-3-5-9-4-1-2-6-10(9)21/h8-10H,1-7H2,(H2,18,19,20). The average Bonchev–Trinajstić information content (AvgIpc) is 2.45. The first-order valence-corrected chi connectivity index (χ1v) is 7.43.